The van der Waals surface area contributed by atoms with E-state index < -0.39 is 0 Å². The highest BCUT2D eigenvalue weighted by Crippen LogP contribution is 2.25. The van der Waals surface area contributed by atoms with E-state index in [9.17, 15) is 0 Å². The molecule has 0 radical (unpaired) electrons. The standard InChI is InChI=1S/C10H13BrClNOS/c11-9-1-4-15-10(9)6-13-2-3-14-7-8(13)5-12/h1,4,8H,2-3,5-7H2. The van der Waals surface area contributed by atoms with Gasteiger partial charge < -0.3 is 4.74 Å². The molecular weight excluding hydrogens is 298 g/mol. The van der Waals surface area contributed by atoms with Crippen LogP contribution < -0.4 is 0 Å². The summed E-state index contributed by atoms with van der Waals surface area (Å²) in [5.41, 5.74) is 0. The molecule has 0 N–H and O–H groups in total. The van der Waals surface area contributed by atoms with Gasteiger partial charge in [0.2, 0.25) is 0 Å². The minimum atomic E-state index is 0.356. The van der Waals surface area contributed by atoms with E-state index in [1.807, 2.05) is 0 Å². The third-order valence-corrected chi connectivity index (χ3v) is 4.83. The van der Waals surface area contributed by atoms with Gasteiger partial charge in [0.05, 0.1) is 13.2 Å². The van der Waals surface area contributed by atoms with Gasteiger partial charge in [-0.15, -0.1) is 22.9 Å². The first kappa shape index (κ1) is 11.9. The lowest BCUT2D eigenvalue weighted by molar-refractivity contribution is -0.00266. The molecule has 0 spiro atoms. The molecule has 0 aliphatic carbocycles. The van der Waals surface area contributed by atoms with Crippen molar-refractivity contribution in [3.63, 3.8) is 0 Å². The summed E-state index contributed by atoms with van der Waals surface area (Å²) >= 11 is 11.3. The summed E-state index contributed by atoms with van der Waals surface area (Å²) in [6, 6.07) is 2.45. The maximum Gasteiger partial charge on any atom is 0.0634 e. The Morgan fingerprint density at radius 2 is 2.53 bits per heavy atom. The van der Waals surface area contributed by atoms with Gasteiger partial charge in [-0.05, 0) is 27.4 Å². The highest BCUT2D eigenvalue weighted by Gasteiger charge is 2.22. The van der Waals surface area contributed by atoms with Gasteiger partial charge in [0.1, 0.15) is 0 Å². The molecule has 5 heteroatoms. The maximum absolute atomic E-state index is 5.93. The summed E-state index contributed by atoms with van der Waals surface area (Å²) in [7, 11) is 0. The second-order valence-corrected chi connectivity index (χ2v) is 5.71. The summed E-state index contributed by atoms with van der Waals surface area (Å²) in [6.07, 6.45) is 0. The van der Waals surface area contributed by atoms with Crippen molar-refractivity contribution < 1.29 is 4.74 Å². The number of halogens is 2. The molecular formula is C10H13BrClNOS. The van der Waals surface area contributed by atoms with E-state index in [0.717, 1.165) is 26.3 Å². The van der Waals surface area contributed by atoms with Gasteiger partial charge >= 0.3 is 0 Å². The third-order valence-electron chi connectivity index (χ3n) is 2.57. The summed E-state index contributed by atoms with van der Waals surface area (Å²) in [6.45, 7) is 3.52. The molecule has 0 saturated carbocycles. The molecule has 1 aliphatic heterocycles. The summed E-state index contributed by atoms with van der Waals surface area (Å²) in [5, 5.41) is 2.11. The number of rotatable bonds is 3. The Balaban J connectivity index is 2.00. The van der Waals surface area contributed by atoms with E-state index in [0.29, 0.717) is 11.9 Å². The first-order valence-corrected chi connectivity index (χ1v) is 7.11. The molecule has 1 atom stereocenters. The van der Waals surface area contributed by atoms with Gasteiger partial charge in [-0.2, -0.15) is 0 Å². The molecule has 1 saturated heterocycles. The van der Waals surface area contributed by atoms with E-state index in [-0.39, 0.29) is 0 Å². The molecule has 2 nitrogen and oxygen atoms in total. The van der Waals surface area contributed by atoms with Crippen LogP contribution in [0, 0.1) is 0 Å². The highest BCUT2D eigenvalue weighted by molar-refractivity contribution is 9.10. The van der Waals surface area contributed by atoms with Crippen molar-refractivity contribution in [2.24, 2.45) is 0 Å². The van der Waals surface area contributed by atoms with E-state index in [2.05, 4.69) is 32.3 Å². The van der Waals surface area contributed by atoms with Crippen LogP contribution in [-0.4, -0.2) is 36.6 Å². The third kappa shape index (κ3) is 2.94. The molecule has 2 rings (SSSR count). The number of alkyl halides is 1. The molecule has 84 valence electrons. The normalized spacial score (nSPS) is 23.2. The number of hydrogen-bond acceptors (Lipinski definition) is 3. The quantitative estimate of drug-likeness (QED) is 0.796. The number of morpholine rings is 1. The second kappa shape index (κ2) is 5.64. The monoisotopic (exact) mass is 309 g/mol. The van der Waals surface area contributed by atoms with Crippen LogP contribution in [0.1, 0.15) is 4.88 Å². The highest BCUT2D eigenvalue weighted by atomic mass is 79.9. The van der Waals surface area contributed by atoms with Crippen LogP contribution in [0.2, 0.25) is 0 Å². The van der Waals surface area contributed by atoms with Crippen molar-refractivity contribution in [3.8, 4) is 0 Å². The molecule has 2 heterocycles. The Bertz CT molecular complexity index is 320. The van der Waals surface area contributed by atoms with Crippen molar-refractivity contribution >= 4 is 38.9 Å². The van der Waals surface area contributed by atoms with Gasteiger partial charge in [-0.3, -0.25) is 4.90 Å². The molecule has 1 aliphatic rings. The van der Waals surface area contributed by atoms with Crippen molar-refractivity contribution in [1.29, 1.82) is 0 Å². The molecule has 1 aromatic heterocycles. The molecule has 1 aromatic rings. The summed E-state index contributed by atoms with van der Waals surface area (Å²) in [4.78, 5) is 3.76. The van der Waals surface area contributed by atoms with Gasteiger partial charge in [0.25, 0.3) is 0 Å². The number of thiophene rings is 1. The number of nitrogens with zero attached hydrogens (tertiary/aromatic N) is 1. The molecule has 1 unspecified atom stereocenters. The van der Waals surface area contributed by atoms with Crippen LogP contribution >= 0.6 is 38.9 Å². The lowest BCUT2D eigenvalue weighted by Gasteiger charge is -2.34. The first-order valence-electron chi connectivity index (χ1n) is 4.91. The van der Waals surface area contributed by atoms with Crippen LogP contribution in [-0.2, 0) is 11.3 Å². The Morgan fingerprint density at radius 3 is 3.20 bits per heavy atom. The Kier molecular flexibility index (Phi) is 4.46. The maximum atomic E-state index is 5.93. The largest absolute Gasteiger partial charge is 0.378 e. The van der Waals surface area contributed by atoms with E-state index >= 15 is 0 Å². The van der Waals surface area contributed by atoms with Crippen molar-refractivity contribution in [1.82, 2.24) is 4.90 Å². The SMILES string of the molecule is ClCC1COCCN1Cc1sccc1Br. The average Bonchev–Trinajstić information content (AvgIpc) is 2.65. The Labute approximate surface area is 107 Å². The van der Waals surface area contributed by atoms with Crippen molar-refractivity contribution in [2.45, 2.75) is 12.6 Å². The Hall–Kier alpha value is 0.390. The second-order valence-electron chi connectivity index (χ2n) is 3.55. The molecule has 0 aromatic carbocycles. The van der Waals surface area contributed by atoms with Crippen molar-refractivity contribution in [2.75, 3.05) is 25.6 Å². The lowest BCUT2D eigenvalue weighted by Crippen LogP contribution is -2.45. The van der Waals surface area contributed by atoms with E-state index in [1.54, 1.807) is 11.3 Å². The molecule has 15 heavy (non-hydrogen) atoms. The minimum Gasteiger partial charge on any atom is -0.378 e. The van der Waals surface area contributed by atoms with Gasteiger partial charge in [-0.25, -0.2) is 0 Å². The molecule has 0 amide bonds. The fraction of sp³-hybridized carbons (Fsp3) is 0.600. The van der Waals surface area contributed by atoms with Crippen LogP contribution in [0.15, 0.2) is 15.9 Å². The van der Waals surface area contributed by atoms with Crippen LogP contribution in [0.5, 0.6) is 0 Å². The summed E-state index contributed by atoms with van der Waals surface area (Å²) in [5.74, 6) is 0.642. The van der Waals surface area contributed by atoms with Crippen LogP contribution in [0.3, 0.4) is 0 Å². The van der Waals surface area contributed by atoms with E-state index in [4.69, 9.17) is 16.3 Å². The van der Waals surface area contributed by atoms with Gasteiger partial charge in [-0.1, -0.05) is 0 Å². The number of hydrogen-bond donors (Lipinski definition) is 0. The fourth-order valence-corrected chi connectivity index (χ4v) is 3.45. The average molecular weight is 311 g/mol. The molecule has 1 fully saturated rings. The minimum absolute atomic E-state index is 0.356. The lowest BCUT2D eigenvalue weighted by atomic mass is 10.2. The fourth-order valence-electron chi connectivity index (χ4n) is 1.66. The Morgan fingerprint density at radius 1 is 1.67 bits per heavy atom. The first-order chi connectivity index (χ1) is 7.31. The van der Waals surface area contributed by atoms with Crippen LogP contribution in [0.25, 0.3) is 0 Å². The predicted molar refractivity (Wildman–Crippen MR) is 67.8 cm³/mol. The topological polar surface area (TPSA) is 12.5 Å². The summed E-state index contributed by atoms with van der Waals surface area (Å²) < 4.78 is 6.62. The van der Waals surface area contributed by atoms with Gasteiger partial charge in [0, 0.05) is 34.4 Å². The van der Waals surface area contributed by atoms with Crippen LogP contribution in [0.4, 0.5) is 0 Å². The predicted octanol–water partition coefficient (Wildman–Crippen LogP) is 2.95. The zero-order valence-corrected chi connectivity index (χ0v) is 11.4. The van der Waals surface area contributed by atoms with E-state index in [1.165, 1.54) is 9.35 Å². The number of ether oxygens (including phenoxy) is 1. The van der Waals surface area contributed by atoms with Gasteiger partial charge in [0.15, 0.2) is 0 Å². The van der Waals surface area contributed by atoms with Crippen molar-refractivity contribution in [3.05, 3.63) is 20.8 Å². The zero-order valence-electron chi connectivity index (χ0n) is 8.29. The zero-order chi connectivity index (χ0) is 10.7. The molecule has 0 bridgehead atoms. The smallest absolute Gasteiger partial charge is 0.0634 e.